The Morgan fingerprint density at radius 3 is 2.29 bits per heavy atom. The lowest BCUT2D eigenvalue weighted by Gasteiger charge is -2.22. The van der Waals surface area contributed by atoms with E-state index in [2.05, 4.69) is 0 Å². The maximum absolute atomic E-state index is 12.3. The van der Waals surface area contributed by atoms with Gasteiger partial charge in [0.25, 0.3) is 0 Å². The van der Waals surface area contributed by atoms with E-state index in [0.717, 1.165) is 0 Å². The number of carbonyl (C=O) groups is 2. The largest absolute Gasteiger partial charge is 0.478 e. The number of carboxylic acid groups (broad SMARTS) is 1. The van der Waals surface area contributed by atoms with Crippen molar-refractivity contribution in [2.45, 2.75) is 6.42 Å². The monoisotopic (exact) mass is 295 g/mol. The van der Waals surface area contributed by atoms with Crippen molar-refractivity contribution in [2.75, 3.05) is 40.5 Å². The number of hydrogen-bond acceptors (Lipinski definition) is 4. The van der Waals surface area contributed by atoms with Crippen molar-refractivity contribution in [1.29, 1.82) is 0 Å². The van der Waals surface area contributed by atoms with Crippen LogP contribution >= 0.6 is 0 Å². The average molecular weight is 295 g/mol. The van der Waals surface area contributed by atoms with Crippen LogP contribution in [0.5, 0.6) is 0 Å². The number of nitrogens with zero attached hydrogens (tertiary/aromatic N) is 1. The van der Waals surface area contributed by atoms with Gasteiger partial charge in [0.2, 0.25) is 5.91 Å². The fourth-order valence-electron chi connectivity index (χ4n) is 1.86. The van der Waals surface area contributed by atoms with Gasteiger partial charge in [-0.1, -0.05) is 12.1 Å². The summed E-state index contributed by atoms with van der Waals surface area (Å²) in [5, 5.41) is 8.96. The van der Waals surface area contributed by atoms with Crippen molar-refractivity contribution in [3.8, 4) is 0 Å². The molecule has 0 saturated carbocycles. The zero-order chi connectivity index (χ0) is 15.7. The van der Waals surface area contributed by atoms with E-state index in [1.54, 1.807) is 31.3 Å². The van der Waals surface area contributed by atoms with E-state index in [0.29, 0.717) is 31.9 Å². The van der Waals surface area contributed by atoms with Crippen molar-refractivity contribution in [3.63, 3.8) is 0 Å². The lowest BCUT2D eigenvalue weighted by Crippen LogP contribution is -2.37. The van der Waals surface area contributed by atoms with Crippen LogP contribution in [-0.2, 0) is 20.7 Å². The minimum absolute atomic E-state index is 0.0772. The first kappa shape index (κ1) is 17.1. The highest BCUT2D eigenvalue weighted by Crippen LogP contribution is 2.08. The number of aromatic carboxylic acids is 1. The smallest absolute Gasteiger partial charge is 0.335 e. The van der Waals surface area contributed by atoms with Crippen LogP contribution in [0.15, 0.2) is 24.3 Å². The van der Waals surface area contributed by atoms with Crippen LogP contribution in [0.25, 0.3) is 0 Å². The molecule has 1 amide bonds. The number of rotatable bonds is 9. The SMILES string of the molecule is COCCN(CCOC)C(=O)Cc1cccc(C(=O)O)c1. The Hall–Kier alpha value is -1.92. The Kier molecular flexibility index (Phi) is 7.42. The van der Waals surface area contributed by atoms with E-state index < -0.39 is 5.97 Å². The van der Waals surface area contributed by atoms with Gasteiger partial charge in [0.05, 0.1) is 25.2 Å². The molecule has 0 fully saturated rings. The highest BCUT2D eigenvalue weighted by molar-refractivity contribution is 5.88. The van der Waals surface area contributed by atoms with Gasteiger partial charge in [-0.15, -0.1) is 0 Å². The summed E-state index contributed by atoms with van der Waals surface area (Å²) in [6.45, 7) is 1.86. The summed E-state index contributed by atoms with van der Waals surface area (Å²) in [4.78, 5) is 24.9. The molecule has 0 aliphatic heterocycles. The normalized spacial score (nSPS) is 10.4. The molecule has 0 bridgehead atoms. The molecular formula is C15H21NO5. The zero-order valence-corrected chi connectivity index (χ0v) is 12.4. The number of hydrogen-bond donors (Lipinski definition) is 1. The molecule has 0 radical (unpaired) electrons. The molecule has 6 heteroatoms. The Balaban J connectivity index is 2.70. The Labute approximate surface area is 124 Å². The fourth-order valence-corrected chi connectivity index (χ4v) is 1.86. The summed E-state index contributed by atoms with van der Waals surface area (Å²) in [7, 11) is 3.16. The third kappa shape index (κ3) is 5.93. The topological polar surface area (TPSA) is 76.1 Å². The summed E-state index contributed by atoms with van der Waals surface area (Å²) in [5.41, 5.74) is 0.861. The molecule has 116 valence electrons. The molecule has 0 atom stereocenters. The van der Waals surface area contributed by atoms with Gasteiger partial charge in [-0.2, -0.15) is 0 Å². The average Bonchev–Trinajstić information content (AvgIpc) is 2.47. The van der Waals surface area contributed by atoms with E-state index in [-0.39, 0.29) is 17.9 Å². The first-order valence-electron chi connectivity index (χ1n) is 6.66. The van der Waals surface area contributed by atoms with E-state index in [1.807, 2.05) is 0 Å². The first-order valence-corrected chi connectivity index (χ1v) is 6.66. The molecule has 1 rings (SSSR count). The molecule has 0 heterocycles. The molecule has 1 aromatic carbocycles. The maximum Gasteiger partial charge on any atom is 0.335 e. The van der Waals surface area contributed by atoms with E-state index in [4.69, 9.17) is 14.6 Å². The van der Waals surface area contributed by atoms with Gasteiger partial charge in [0.1, 0.15) is 0 Å². The highest BCUT2D eigenvalue weighted by Gasteiger charge is 2.14. The Morgan fingerprint density at radius 1 is 1.14 bits per heavy atom. The second-order valence-electron chi connectivity index (χ2n) is 4.55. The molecule has 6 nitrogen and oxygen atoms in total. The molecular weight excluding hydrogens is 274 g/mol. The minimum atomic E-state index is -1.00. The molecule has 1 N–H and O–H groups in total. The Bertz CT molecular complexity index is 467. The van der Waals surface area contributed by atoms with E-state index in [9.17, 15) is 9.59 Å². The van der Waals surface area contributed by atoms with Crippen LogP contribution in [0.4, 0.5) is 0 Å². The summed E-state index contributed by atoms with van der Waals surface area (Å²) in [5.74, 6) is -1.08. The van der Waals surface area contributed by atoms with Crippen molar-refractivity contribution >= 4 is 11.9 Å². The molecule has 0 aliphatic carbocycles. The van der Waals surface area contributed by atoms with Gasteiger partial charge in [0.15, 0.2) is 0 Å². The second kappa shape index (κ2) is 9.10. The second-order valence-corrected chi connectivity index (χ2v) is 4.55. The minimum Gasteiger partial charge on any atom is -0.478 e. The summed E-state index contributed by atoms with van der Waals surface area (Å²) >= 11 is 0. The van der Waals surface area contributed by atoms with Crippen LogP contribution in [0, 0.1) is 0 Å². The van der Waals surface area contributed by atoms with Crippen molar-refractivity contribution < 1.29 is 24.2 Å². The van der Waals surface area contributed by atoms with Crippen LogP contribution < -0.4 is 0 Å². The highest BCUT2D eigenvalue weighted by atomic mass is 16.5. The van der Waals surface area contributed by atoms with Gasteiger partial charge < -0.3 is 19.5 Å². The third-order valence-electron chi connectivity index (χ3n) is 3.01. The van der Waals surface area contributed by atoms with Crippen molar-refractivity contribution in [2.24, 2.45) is 0 Å². The predicted octanol–water partition coefficient (Wildman–Crippen LogP) is 1.05. The van der Waals surface area contributed by atoms with Crippen LogP contribution in [0.3, 0.4) is 0 Å². The number of ether oxygens (including phenoxy) is 2. The summed E-state index contributed by atoms with van der Waals surface area (Å²) in [6.07, 6.45) is 0.161. The standard InChI is InChI=1S/C15H21NO5/c1-20-8-6-16(7-9-21-2)14(17)11-12-4-3-5-13(10-12)15(18)19/h3-5,10H,6-9,11H2,1-2H3,(H,18,19). The first-order chi connectivity index (χ1) is 10.1. The van der Waals surface area contributed by atoms with Crippen molar-refractivity contribution in [1.82, 2.24) is 4.90 Å². The molecule has 0 unspecified atom stereocenters. The van der Waals surface area contributed by atoms with Crippen molar-refractivity contribution in [3.05, 3.63) is 35.4 Å². The third-order valence-corrected chi connectivity index (χ3v) is 3.01. The zero-order valence-electron chi connectivity index (χ0n) is 12.4. The van der Waals surface area contributed by atoms with Gasteiger partial charge in [0, 0.05) is 27.3 Å². The summed E-state index contributed by atoms with van der Waals surface area (Å²) in [6, 6.07) is 6.41. The predicted molar refractivity (Wildman–Crippen MR) is 77.4 cm³/mol. The van der Waals surface area contributed by atoms with Gasteiger partial charge in [-0.25, -0.2) is 4.79 Å². The van der Waals surface area contributed by atoms with Gasteiger partial charge in [-0.05, 0) is 17.7 Å². The lowest BCUT2D eigenvalue weighted by atomic mass is 10.1. The number of amides is 1. The number of carboxylic acids is 1. The fraction of sp³-hybridized carbons (Fsp3) is 0.467. The van der Waals surface area contributed by atoms with E-state index >= 15 is 0 Å². The van der Waals surface area contributed by atoms with Gasteiger partial charge in [-0.3, -0.25) is 4.79 Å². The van der Waals surface area contributed by atoms with Gasteiger partial charge >= 0.3 is 5.97 Å². The quantitative estimate of drug-likeness (QED) is 0.737. The van der Waals surface area contributed by atoms with Crippen LogP contribution in [-0.4, -0.2) is 62.4 Å². The molecule has 0 aliphatic rings. The Morgan fingerprint density at radius 2 is 1.76 bits per heavy atom. The molecule has 0 saturated heterocycles. The number of benzene rings is 1. The van der Waals surface area contributed by atoms with E-state index in [1.165, 1.54) is 12.1 Å². The van der Waals surface area contributed by atoms with Crippen LogP contribution in [0.1, 0.15) is 15.9 Å². The molecule has 21 heavy (non-hydrogen) atoms. The maximum atomic E-state index is 12.3. The number of methoxy groups -OCH3 is 2. The summed E-state index contributed by atoms with van der Waals surface area (Å²) < 4.78 is 9.98. The molecule has 0 aromatic heterocycles. The number of carbonyl (C=O) groups excluding carboxylic acids is 1. The lowest BCUT2D eigenvalue weighted by molar-refractivity contribution is -0.131. The van der Waals surface area contributed by atoms with Crippen LogP contribution in [0.2, 0.25) is 0 Å². The molecule has 0 spiro atoms. The molecule has 1 aromatic rings.